The molecule has 120 valence electrons. The third kappa shape index (κ3) is 8.13. The summed E-state index contributed by atoms with van der Waals surface area (Å²) in [5.41, 5.74) is 5.69. The molecule has 0 aliphatic rings. The van der Waals surface area contributed by atoms with Crippen molar-refractivity contribution in [3.05, 3.63) is 35.4 Å². The van der Waals surface area contributed by atoms with E-state index in [9.17, 15) is 13.2 Å². The fourth-order valence-corrected chi connectivity index (χ4v) is 1.52. The minimum atomic E-state index is -4.31. The van der Waals surface area contributed by atoms with Crippen LogP contribution in [0.1, 0.15) is 31.4 Å². The van der Waals surface area contributed by atoms with Gasteiger partial charge in [0.2, 0.25) is 0 Å². The molecule has 0 aliphatic carbocycles. The van der Waals surface area contributed by atoms with Crippen molar-refractivity contribution >= 4 is 29.9 Å². The van der Waals surface area contributed by atoms with Gasteiger partial charge in [0.25, 0.3) is 0 Å². The molecule has 1 aromatic rings. The first kappa shape index (κ1) is 20.0. The van der Waals surface area contributed by atoms with Crippen LogP contribution in [-0.4, -0.2) is 12.5 Å². The predicted molar refractivity (Wildman–Crippen MR) is 89.6 cm³/mol. The van der Waals surface area contributed by atoms with Gasteiger partial charge in [0, 0.05) is 6.54 Å². The minimum Gasteiger partial charge on any atom is -0.370 e. The molecule has 0 amide bonds. The second-order valence-electron chi connectivity index (χ2n) is 5.01. The molecule has 0 spiro atoms. The maximum absolute atomic E-state index is 12.4. The van der Waals surface area contributed by atoms with Crippen LogP contribution in [0.4, 0.5) is 13.2 Å². The minimum absolute atomic E-state index is 0. The summed E-state index contributed by atoms with van der Waals surface area (Å²) in [5.74, 6) is 0.885. The zero-order valence-corrected chi connectivity index (χ0v) is 14.4. The maximum atomic E-state index is 12.4. The average molecular weight is 415 g/mol. The van der Waals surface area contributed by atoms with Crippen LogP contribution >= 0.6 is 24.0 Å². The Labute approximate surface area is 140 Å². The van der Waals surface area contributed by atoms with Gasteiger partial charge in [0.05, 0.1) is 12.1 Å². The van der Waals surface area contributed by atoms with Gasteiger partial charge >= 0.3 is 6.18 Å². The van der Waals surface area contributed by atoms with Crippen LogP contribution in [0, 0.1) is 5.92 Å². The third-order valence-corrected chi connectivity index (χ3v) is 2.74. The van der Waals surface area contributed by atoms with Crippen molar-refractivity contribution < 1.29 is 13.2 Å². The van der Waals surface area contributed by atoms with E-state index >= 15 is 0 Å². The van der Waals surface area contributed by atoms with Gasteiger partial charge in [-0.05, 0) is 30.0 Å². The number of halogens is 4. The molecule has 0 heterocycles. The zero-order chi connectivity index (χ0) is 15.2. The summed E-state index contributed by atoms with van der Waals surface area (Å²) in [6.07, 6.45) is -3.32. The summed E-state index contributed by atoms with van der Waals surface area (Å²) >= 11 is 0. The molecule has 7 heteroatoms. The highest BCUT2D eigenvalue weighted by Crippen LogP contribution is 2.29. The molecule has 1 rings (SSSR count). The highest BCUT2D eigenvalue weighted by atomic mass is 127. The van der Waals surface area contributed by atoms with E-state index in [0.717, 1.165) is 25.1 Å². The second kappa shape index (κ2) is 9.11. The van der Waals surface area contributed by atoms with E-state index in [1.54, 1.807) is 0 Å². The van der Waals surface area contributed by atoms with Crippen molar-refractivity contribution in [2.75, 3.05) is 6.54 Å². The summed E-state index contributed by atoms with van der Waals surface area (Å²) in [7, 11) is 0. The highest BCUT2D eigenvalue weighted by Gasteiger charge is 2.29. The number of nitrogens with one attached hydrogen (secondary N) is 1. The standard InChI is InChI=1S/C14H20F3N3.HI/c1-10(2)7-8-19-13(18)20-9-11-3-5-12(6-4-11)14(15,16)17;/h3-6,10H,7-9H2,1-2H3,(H3,18,19,20);1H. The molecule has 0 aromatic heterocycles. The fourth-order valence-electron chi connectivity index (χ4n) is 1.52. The number of nitrogens with zero attached hydrogens (tertiary/aromatic N) is 1. The van der Waals surface area contributed by atoms with Gasteiger partial charge in [-0.2, -0.15) is 13.2 Å². The summed E-state index contributed by atoms with van der Waals surface area (Å²) in [5, 5.41) is 2.97. The summed E-state index contributed by atoms with van der Waals surface area (Å²) in [6, 6.07) is 4.92. The van der Waals surface area contributed by atoms with Crippen LogP contribution in [0.5, 0.6) is 0 Å². The number of rotatable bonds is 5. The van der Waals surface area contributed by atoms with Crippen molar-refractivity contribution in [1.29, 1.82) is 0 Å². The van der Waals surface area contributed by atoms with Gasteiger partial charge in [-0.3, -0.25) is 0 Å². The lowest BCUT2D eigenvalue weighted by molar-refractivity contribution is -0.137. The Balaban J connectivity index is 0.00000400. The normalized spacial score (nSPS) is 12.2. The first-order chi connectivity index (χ1) is 9.29. The number of alkyl halides is 3. The van der Waals surface area contributed by atoms with Crippen LogP contribution < -0.4 is 11.1 Å². The van der Waals surface area contributed by atoms with Crippen LogP contribution in [-0.2, 0) is 12.7 Å². The van der Waals surface area contributed by atoms with Crippen LogP contribution in [0.15, 0.2) is 29.3 Å². The van der Waals surface area contributed by atoms with E-state index in [1.165, 1.54) is 12.1 Å². The first-order valence-electron chi connectivity index (χ1n) is 6.49. The van der Waals surface area contributed by atoms with Gasteiger partial charge in [0.15, 0.2) is 5.96 Å². The molecule has 0 saturated carbocycles. The summed E-state index contributed by atoms with van der Waals surface area (Å²) in [4.78, 5) is 4.09. The number of hydrogen-bond acceptors (Lipinski definition) is 1. The Hall–Kier alpha value is -0.990. The smallest absolute Gasteiger partial charge is 0.370 e. The molecular formula is C14H21F3IN3. The van der Waals surface area contributed by atoms with E-state index in [4.69, 9.17) is 5.73 Å². The monoisotopic (exact) mass is 415 g/mol. The van der Waals surface area contributed by atoms with Crippen LogP contribution in [0.25, 0.3) is 0 Å². The maximum Gasteiger partial charge on any atom is 0.416 e. The van der Waals surface area contributed by atoms with Crippen molar-refractivity contribution in [3.8, 4) is 0 Å². The Morgan fingerprint density at radius 2 is 1.81 bits per heavy atom. The molecule has 0 fully saturated rings. The summed E-state index contributed by atoms with van der Waals surface area (Å²) in [6.45, 7) is 5.22. The predicted octanol–water partition coefficient (Wildman–Crippen LogP) is 3.77. The Bertz CT molecular complexity index is 442. The lowest BCUT2D eigenvalue weighted by Gasteiger charge is -2.08. The lowest BCUT2D eigenvalue weighted by atomic mass is 10.1. The third-order valence-electron chi connectivity index (χ3n) is 2.74. The quantitative estimate of drug-likeness (QED) is 0.437. The molecular weight excluding hydrogens is 394 g/mol. The van der Waals surface area contributed by atoms with Gasteiger partial charge in [-0.15, -0.1) is 24.0 Å². The molecule has 0 aliphatic heterocycles. The molecule has 0 radical (unpaired) electrons. The largest absolute Gasteiger partial charge is 0.416 e. The zero-order valence-electron chi connectivity index (χ0n) is 12.1. The van der Waals surface area contributed by atoms with E-state index in [0.29, 0.717) is 17.4 Å². The lowest BCUT2D eigenvalue weighted by Crippen LogP contribution is -2.32. The molecule has 0 atom stereocenters. The highest BCUT2D eigenvalue weighted by molar-refractivity contribution is 14.0. The number of guanidine groups is 1. The van der Waals surface area contributed by atoms with Gasteiger partial charge in [-0.1, -0.05) is 26.0 Å². The van der Waals surface area contributed by atoms with E-state index in [-0.39, 0.29) is 30.5 Å². The summed E-state index contributed by atoms with van der Waals surface area (Å²) < 4.78 is 37.1. The van der Waals surface area contributed by atoms with Crippen molar-refractivity contribution in [2.45, 2.75) is 33.0 Å². The van der Waals surface area contributed by atoms with Crippen molar-refractivity contribution in [3.63, 3.8) is 0 Å². The Morgan fingerprint density at radius 1 is 1.24 bits per heavy atom. The van der Waals surface area contributed by atoms with Gasteiger partial charge < -0.3 is 11.1 Å². The molecule has 0 bridgehead atoms. The van der Waals surface area contributed by atoms with Crippen LogP contribution in [0.3, 0.4) is 0 Å². The number of hydrogen-bond donors (Lipinski definition) is 2. The molecule has 3 N–H and O–H groups in total. The van der Waals surface area contributed by atoms with Gasteiger partial charge in [-0.25, -0.2) is 4.99 Å². The van der Waals surface area contributed by atoms with Crippen molar-refractivity contribution in [1.82, 2.24) is 5.32 Å². The molecule has 0 unspecified atom stereocenters. The molecule has 21 heavy (non-hydrogen) atoms. The van der Waals surface area contributed by atoms with E-state index in [2.05, 4.69) is 24.2 Å². The molecule has 0 saturated heterocycles. The number of aliphatic imine (C=N–C) groups is 1. The van der Waals surface area contributed by atoms with Crippen molar-refractivity contribution in [2.24, 2.45) is 16.6 Å². The Morgan fingerprint density at radius 3 is 2.29 bits per heavy atom. The fraction of sp³-hybridized carbons (Fsp3) is 0.500. The SMILES string of the molecule is CC(C)CCNC(N)=NCc1ccc(C(F)(F)F)cc1.I. The topological polar surface area (TPSA) is 50.4 Å². The van der Waals surface area contributed by atoms with E-state index in [1.807, 2.05) is 0 Å². The average Bonchev–Trinajstić information content (AvgIpc) is 2.35. The number of benzene rings is 1. The first-order valence-corrected chi connectivity index (χ1v) is 6.49. The number of nitrogens with two attached hydrogens (primary N) is 1. The van der Waals surface area contributed by atoms with E-state index < -0.39 is 11.7 Å². The van der Waals surface area contributed by atoms with Gasteiger partial charge in [0.1, 0.15) is 0 Å². The van der Waals surface area contributed by atoms with Crippen LogP contribution in [0.2, 0.25) is 0 Å². The second-order valence-corrected chi connectivity index (χ2v) is 5.01. The molecule has 1 aromatic carbocycles. The molecule has 3 nitrogen and oxygen atoms in total. The Kier molecular flexibility index (Phi) is 8.68.